The van der Waals surface area contributed by atoms with Crippen LogP contribution in [0.25, 0.3) is 0 Å². The Bertz CT molecular complexity index is 648. The number of nitrogens with zero attached hydrogens (tertiary/aromatic N) is 1. The summed E-state index contributed by atoms with van der Waals surface area (Å²) in [5, 5.41) is -0.0209. The highest BCUT2D eigenvalue weighted by Crippen LogP contribution is 2.24. The fourth-order valence-corrected chi connectivity index (χ4v) is 3.60. The van der Waals surface area contributed by atoms with Crippen LogP contribution in [0.4, 0.5) is 4.39 Å². The van der Waals surface area contributed by atoms with Crippen molar-refractivity contribution in [3.05, 3.63) is 34.6 Å². The van der Waals surface area contributed by atoms with Crippen molar-refractivity contribution in [2.24, 2.45) is 5.92 Å². The van der Waals surface area contributed by atoms with Gasteiger partial charge in [0.15, 0.2) is 5.78 Å². The minimum atomic E-state index is -3.23. The Morgan fingerprint density at radius 1 is 1.48 bits per heavy atom. The lowest BCUT2D eigenvalue weighted by atomic mass is 9.92. The Kier molecular flexibility index (Phi) is 5.01. The molecule has 0 bridgehead atoms. The molecule has 4 nitrogen and oxygen atoms in total. The molecule has 0 N–H and O–H groups in total. The first kappa shape index (κ1) is 16.4. The first-order chi connectivity index (χ1) is 9.77. The lowest BCUT2D eigenvalue weighted by molar-refractivity contribution is 0.0942. The Morgan fingerprint density at radius 3 is 2.81 bits per heavy atom. The van der Waals surface area contributed by atoms with Crippen LogP contribution in [0.1, 0.15) is 29.6 Å². The number of benzene rings is 1. The number of hydrogen-bond acceptors (Lipinski definition) is 3. The third-order valence-corrected chi connectivity index (χ3v) is 5.24. The maximum atomic E-state index is 13.4. The molecule has 0 saturated carbocycles. The van der Waals surface area contributed by atoms with Gasteiger partial charge in [-0.1, -0.05) is 11.6 Å². The molecule has 116 valence electrons. The van der Waals surface area contributed by atoms with Crippen molar-refractivity contribution < 1.29 is 17.6 Å². The molecule has 1 unspecified atom stereocenters. The monoisotopic (exact) mass is 333 g/mol. The van der Waals surface area contributed by atoms with E-state index in [2.05, 4.69) is 0 Å². The molecule has 7 heteroatoms. The van der Waals surface area contributed by atoms with Crippen molar-refractivity contribution in [3.8, 4) is 0 Å². The van der Waals surface area contributed by atoms with Crippen LogP contribution < -0.4 is 0 Å². The molecule has 1 aliphatic heterocycles. The second-order valence-corrected chi connectivity index (χ2v) is 7.78. The Labute approximate surface area is 128 Å². The van der Waals surface area contributed by atoms with E-state index in [0.29, 0.717) is 13.1 Å². The van der Waals surface area contributed by atoms with E-state index in [9.17, 15) is 17.6 Å². The molecule has 1 aromatic rings. The van der Waals surface area contributed by atoms with Crippen LogP contribution in [0.3, 0.4) is 0 Å². The fourth-order valence-electron chi connectivity index (χ4n) is 2.54. The summed E-state index contributed by atoms with van der Waals surface area (Å²) in [5.41, 5.74) is 0.272. The number of rotatable bonds is 4. The minimum absolute atomic E-state index is 0.0209. The normalized spacial score (nSPS) is 20.4. The van der Waals surface area contributed by atoms with Gasteiger partial charge in [0.2, 0.25) is 10.0 Å². The van der Waals surface area contributed by atoms with Gasteiger partial charge in [0.05, 0.1) is 11.3 Å². The van der Waals surface area contributed by atoms with Crippen molar-refractivity contribution >= 4 is 27.4 Å². The molecule has 1 fully saturated rings. The highest BCUT2D eigenvalue weighted by atomic mass is 35.5. The third kappa shape index (κ3) is 4.25. The summed E-state index contributed by atoms with van der Waals surface area (Å²) in [5.74, 6) is -0.838. The standard InChI is InChI=1S/C14H17ClFNO3S/c1-21(19,20)17-6-2-3-10(9-17)7-14(18)11-4-5-12(15)13(16)8-11/h4-5,8,10H,2-3,6-7,9H2,1H3. The van der Waals surface area contributed by atoms with Gasteiger partial charge in [0.25, 0.3) is 0 Å². The van der Waals surface area contributed by atoms with Gasteiger partial charge < -0.3 is 0 Å². The van der Waals surface area contributed by atoms with Gasteiger partial charge >= 0.3 is 0 Å². The summed E-state index contributed by atoms with van der Waals surface area (Å²) in [6.45, 7) is 0.847. The number of piperidine rings is 1. The van der Waals surface area contributed by atoms with E-state index >= 15 is 0 Å². The number of halogens is 2. The fraction of sp³-hybridized carbons (Fsp3) is 0.500. The second kappa shape index (κ2) is 6.42. The minimum Gasteiger partial charge on any atom is -0.294 e. The molecular weight excluding hydrogens is 317 g/mol. The molecule has 1 heterocycles. The van der Waals surface area contributed by atoms with E-state index in [1.165, 1.54) is 22.7 Å². The molecule has 1 saturated heterocycles. The molecule has 21 heavy (non-hydrogen) atoms. The summed E-state index contributed by atoms with van der Waals surface area (Å²) in [6.07, 6.45) is 2.92. The third-order valence-electron chi connectivity index (χ3n) is 3.67. The predicted octanol–water partition coefficient (Wildman–Crippen LogP) is 2.72. The molecule has 1 aliphatic rings. The first-order valence-corrected chi connectivity index (χ1v) is 8.93. The quantitative estimate of drug-likeness (QED) is 0.796. The topological polar surface area (TPSA) is 54.5 Å². The van der Waals surface area contributed by atoms with E-state index in [1.54, 1.807) is 0 Å². The number of carbonyl (C=O) groups excluding carboxylic acids is 1. The molecule has 0 aliphatic carbocycles. The molecule has 0 aromatic heterocycles. The highest BCUT2D eigenvalue weighted by molar-refractivity contribution is 7.88. The van der Waals surface area contributed by atoms with Crippen molar-refractivity contribution in [2.45, 2.75) is 19.3 Å². The Hall–Kier alpha value is -0.980. The number of hydrogen-bond donors (Lipinski definition) is 0. The summed E-state index contributed by atoms with van der Waals surface area (Å²) < 4.78 is 37.9. The van der Waals surface area contributed by atoms with Crippen LogP contribution in [0, 0.1) is 11.7 Å². The zero-order valence-corrected chi connectivity index (χ0v) is 13.3. The average Bonchev–Trinajstić information content (AvgIpc) is 2.41. The molecule has 1 atom stereocenters. The van der Waals surface area contributed by atoms with E-state index < -0.39 is 15.8 Å². The van der Waals surface area contributed by atoms with Gasteiger partial charge in [0, 0.05) is 25.1 Å². The summed E-state index contributed by atoms with van der Waals surface area (Å²) >= 11 is 5.59. The number of ketones is 1. The SMILES string of the molecule is CS(=O)(=O)N1CCCC(CC(=O)c2ccc(Cl)c(F)c2)C1. The van der Waals surface area contributed by atoms with Gasteiger partial charge in [-0.2, -0.15) is 0 Å². The Balaban J connectivity index is 2.03. The lowest BCUT2D eigenvalue weighted by Crippen LogP contribution is -2.39. The van der Waals surface area contributed by atoms with E-state index in [-0.39, 0.29) is 28.7 Å². The molecule has 0 spiro atoms. The number of Topliss-reactive ketones (excluding diaryl/α,β-unsaturated/α-hetero) is 1. The second-order valence-electron chi connectivity index (χ2n) is 5.39. The number of sulfonamides is 1. The zero-order chi connectivity index (χ0) is 15.6. The first-order valence-electron chi connectivity index (χ1n) is 6.71. The molecular formula is C14H17ClFNO3S. The average molecular weight is 334 g/mol. The van der Waals surface area contributed by atoms with Gasteiger partial charge in [-0.15, -0.1) is 0 Å². The van der Waals surface area contributed by atoms with Crippen LogP contribution in [0.5, 0.6) is 0 Å². The van der Waals surface area contributed by atoms with Crippen LogP contribution in [0.15, 0.2) is 18.2 Å². The maximum Gasteiger partial charge on any atom is 0.211 e. The van der Waals surface area contributed by atoms with Crippen molar-refractivity contribution in [2.75, 3.05) is 19.3 Å². The van der Waals surface area contributed by atoms with Gasteiger partial charge in [0.1, 0.15) is 5.82 Å². The van der Waals surface area contributed by atoms with Crippen molar-refractivity contribution in [1.82, 2.24) is 4.31 Å². The molecule has 0 amide bonds. The van der Waals surface area contributed by atoms with E-state index in [0.717, 1.165) is 18.9 Å². The molecule has 2 rings (SSSR count). The van der Waals surface area contributed by atoms with Crippen molar-refractivity contribution in [1.29, 1.82) is 0 Å². The largest absolute Gasteiger partial charge is 0.294 e. The van der Waals surface area contributed by atoms with Gasteiger partial charge in [-0.3, -0.25) is 4.79 Å². The highest BCUT2D eigenvalue weighted by Gasteiger charge is 2.27. The van der Waals surface area contributed by atoms with Crippen molar-refractivity contribution in [3.63, 3.8) is 0 Å². The van der Waals surface area contributed by atoms with Gasteiger partial charge in [-0.25, -0.2) is 17.1 Å². The van der Waals surface area contributed by atoms with E-state index in [1.807, 2.05) is 0 Å². The maximum absolute atomic E-state index is 13.4. The van der Waals surface area contributed by atoms with Crippen LogP contribution in [-0.2, 0) is 10.0 Å². The smallest absolute Gasteiger partial charge is 0.211 e. The summed E-state index contributed by atoms with van der Waals surface area (Å²) in [6, 6.07) is 3.97. The lowest BCUT2D eigenvalue weighted by Gasteiger charge is -2.30. The van der Waals surface area contributed by atoms with Gasteiger partial charge in [-0.05, 0) is 37.0 Å². The Morgan fingerprint density at radius 2 is 2.19 bits per heavy atom. The zero-order valence-electron chi connectivity index (χ0n) is 11.7. The molecule has 1 aromatic carbocycles. The summed E-state index contributed by atoms with van der Waals surface area (Å²) in [4.78, 5) is 12.2. The summed E-state index contributed by atoms with van der Waals surface area (Å²) in [7, 11) is -3.23. The number of carbonyl (C=O) groups is 1. The van der Waals surface area contributed by atoms with Crippen LogP contribution in [-0.4, -0.2) is 37.9 Å². The van der Waals surface area contributed by atoms with Crippen LogP contribution in [0.2, 0.25) is 5.02 Å². The predicted molar refractivity (Wildman–Crippen MR) is 79.5 cm³/mol. The van der Waals surface area contributed by atoms with E-state index in [4.69, 9.17) is 11.6 Å². The van der Waals surface area contributed by atoms with Crippen LogP contribution >= 0.6 is 11.6 Å². The molecule has 0 radical (unpaired) electrons.